The highest BCUT2D eigenvalue weighted by atomic mass is 14.2. The molecule has 0 heterocycles. The number of benzene rings is 5. The van der Waals surface area contributed by atoms with E-state index in [4.69, 9.17) is 15.7 Å². The van der Waals surface area contributed by atoms with Gasteiger partial charge in [0.2, 0.25) is 0 Å². The van der Waals surface area contributed by atoms with E-state index in [9.17, 15) is 0 Å². The van der Waals surface area contributed by atoms with Crippen LogP contribution in [0.5, 0.6) is 0 Å². The van der Waals surface area contributed by atoms with E-state index in [2.05, 4.69) is 72.8 Å². The molecule has 0 amide bonds. The molecule has 0 aliphatic heterocycles. The van der Waals surface area contributed by atoms with Gasteiger partial charge in [0.15, 0.2) is 0 Å². The molecule has 5 aromatic carbocycles. The minimum atomic E-state index is 0.762. The molecular formula is C26H16B2. The number of rotatable bonds is 2. The lowest BCUT2D eigenvalue weighted by molar-refractivity contribution is 1.66. The average Bonchev–Trinajstić information content (AvgIpc) is 2.73. The van der Waals surface area contributed by atoms with Crippen LogP contribution >= 0.6 is 0 Å². The quantitative estimate of drug-likeness (QED) is 0.313. The van der Waals surface area contributed by atoms with Gasteiger partial charge in [0.1, 0.15) is 15.7 Å². The fourth-order valence-electron chi connectivity index (χ4n) is 4.10. The highest BCUT2D eigenvalue weighted by Crippen LogP contribution is 2.42. The molecule has 28 heavy (non-hydrogen) atoms. The summed E-state index contributed by atoms with van der Waals surface area (Å²) in [4.78, 5) is 0. The normalized spacial score (nSPS) is 11.1. The molecular weight excluding hydrogens is 334 g/mol. The second-order valence-corrected chi connectivity index (χ2v) is 7.09. The largest absolute Gasteiger partial charge is 0.113 e. The van der Waals surface area contributed by atoms with Gasteiger partial charge in [0, 0.05) is 0 Å². The van der Waals surface area contributed by atoms with Gasteiger partial charge in [-0.1, -0.05) is 108 Å². The summed E-state index contributed by atoms with van der Waals surface area (Å²) in [6.07, 6.45) is 0. The summed E-state index contributed by atoms with van der Waals surface area (Å²) in [7, 11) is 12.4. The molecule has 4 radical (unpaired) electrons. The Hall–Kier alpha value is -3.25. The molecule has 2 heteroatoms. The third-order valence-electron chi connectivity index (χ3n) is 5.29. The van der Waals surface area contributed by atoms with E-state index < -0.39 is 0 Å². The maximum atomic E-state index is 6.21. The predicted molar refractivity (Wildman–Crippen MR) is 123 cm³/mol. The lowest BCUT2D eigenvalue weighted by Crippen LogP contribution is -2.04. The van der Waals surface area contributed by atoms with Gasteiger partial charge in [0.25, 0.3) is 0 Å². The van der Waals surface area contributed by atoms with Crippen molar-refractivity contribution in [1.29, 1.82) is 0 Å². The van der Waals surface area contributed by atoms with Crippen LogP contribution in [-0.2, 0) is 0 Å². The van der Waals surface area contributed by atoms with Crippen molar-refractivity contribution in [2.45, 2.75) is 0 Å². The minimum absolute atomic E-state index is 0.762. The van der Waals surface area contributed by atoms with Crippen LogP contribution in [0.2, 0.25) is 0 Å². The van der Waals surface area contributed by atoms with Crippen LogP contribution in [0.3, 0.4) is 0 Å². The Morgan fingerprint density at radius 3 is 1.18 bits per heavy atom. The van der Waals surface area contributed by atoms with Crippen LogP contribution in [0.1, 0.15) is 0 Å². The van der Waals surface area contributed by atoms with Crippen LogP contribution in [0.25, 0.3) is 43.8 Å². The van der Waals surface area contributed by atoms with E-state index in [0.717, 1.165) is 21.7 Å². The molecule has 0 aromatic heterocycles. The fourth-order valence-corrected chi connectivity index (χ4v) is 4.10. The third-order valence-corrected chi connectivity index (χ3v) is 5.29. The second-order valence-electron chi connectivity index (χ2n) is 7.09. The van der Waals surface area contributed by atoms with Gasteiger partial charge < -0.3 is 0 Å². The molecule has 0 saturated carbocycles. The molecule has 0 bridgehead atoms. The molecule has 126 valence electrons. The molecule has 0 saturated heterocycles. The maximum Gasteiger partial charge on any atom is 0.113 e. The first-order valence-electron chi connectivity index (χ1n) is 9.37. The fraction of sp³-hybridized carbons (Fsp3) is 0. The van der Waals surface area contributed by atoms with Crippen LogP contribution < -0.4 is 10.9 Å². The van der Waals surface area contributed by atoms with E-state index in [1.54, 1.807) is 0 Å². The Labute approximate surface area is 167 Å². The molecule has 0 spiro atoms. The van der Waals surface area contributed by atoms with Crippen molar-refractivity contribution in [3.05, 3.63) is 97.1 Å². The van der Waals surface area contributed by atoms with Gasteiger partial charge in [-0.25, -0.2) is 0 Å². The molecule has 0 nitrogen and oxygen atoms in total. The van der Waals surface area contributed by atoms with Crippen molar-refractivity contribution >= 4 is 48.2 Å². The summed E-state index contributed by atoms with van der Waals surface area (Å²) in [6.45, 7) is 0. The molecule has 0 aliphatic rings. The monoisotopic (exact) mass is 350 g/mol. The first-order valence-corrected chi connectivity index (χ1v) is 9.37. The van der Waals surface area contributed by atoms with E-state index >= 15 is 0 Å². The van der Waals surface area contributed by atoms with Crippen molar-refractivity contribution in [3.63, 3.8) is 0 Å². The lowest BCUT2D eigenvalue weighted by atomic mass is 9.81. The van der Waals surface area contributed by atoms with E-state index in [1.807, 2.05) is 24.3 Å². The Morgan fingerprint density at radius 2 is 0.786 bits per heavy atom. The van der Waals surface area contributed by atoms with Gasteiger partial charge in [-0.2, -0.15) is 0 Å². The van der Waals surface area contributed by atoms with Crippen LogP contribution in [0.15, 0.2) is 97.1 Å². The smallest absolute Gasteiger partial charge is 0.0960 e. The minimum Gasteiger partial charge on any atom is -0.0960 e. The van der Waals surface area contributed by atoms with Crippen molar-refractivity contribution in [2.75, 3.05) is 0 Å². The van der Waals surface area contributed by atoms with Gasteiger partial charge in [-0.15, -0.1) is 0 Å². The zero-order chi connectivity index (χ0) is 19.1. The zero-order valence-electron chi connectivity index (χ0n) is 15.4. The maximum absolute atomic E-state index is 6.21. The van der Waals surface area contributed by atoms with Crippen molar-refractivity contribution in [2.24, 2.45) is 0 Å². The molecule has 5 aromatic rings. The summed E-state index contributed by atoms with van der Waals surface area (Å²) in [5, 5.41) is 4.67. The molecule has 0 N–H and O–H groups in total. The molecule has 0 unspecified atom stereocenters. The third kappa shape index (κ3) is 2.73. The Kier molecular flexibility index (Phi) is 4.06. The van der Waals surface area contributed by atoms with Crippen molar-refractivity contribution in [1.82, 2.24) is 0 Å². The van der Waals surface area contributed by atoms with Crippen LogP contribution in [0, 0.1) is 0 Å². The highest BCUT2D eigenvalue weighted by molar-refractivity contribution is 6.36. The average molecular weight is 350 g/mol. The topological polar surface area (TPSA) is 0 Å². The van der Waals surface area contributed by atoms with Gasteiger partial charge in [0.05, 0.1) is 0 Å². The van der Waals surface area contributed by atoms with Crippen LogP contribution in [0.4, 0.5) is 0 Å². The lowest BCUT2D eigenvalue weighted by Gasteiger charge is -2.19. The number of hydrogen-bond acceptors (Lipinski definition) is 0. The first-order chi connectivity index (χ1) is 13.7. The summed E-state index contributed by atoms with van der Waals surface area (Å²) in [5.41, 5.74) is 6.26. The second kappa shape index (κ2) is 6.73. The highest BCUT2D eigenvalue weighted by Gasteiger charge is 2.16. The van der Waals surface area contributed by atoms with Crippen molar-refractivity contribution < 1.29 is 0 Å². The molecule has 0 aliphatic carbocycles. The van der Waals surface area contributed by atoms with Crippen molar-refractivity contribution in [3.8, 4) is 22.3 Å². The van der Waals surface area contributed by atoms with E-state index in [-0.39, 0.29) is 0 Å². The molecule has 0 fully saturated rings. The summed E-state index contributed by atoms with van der Waals surface area (Å²) < 4.78 is 0. The zero-order valence-corrected chi connectivity index (χ0v) is 15.4. The Bertz CT molecular complexity index is 1200. The summed E-state index contributed by atoms with van der Waals surface area (Å²) in [6, 6.07) is 33.3. The van der Waals surface area contributed by atoms with Gasteiger partial charge in [-0.3, -0.25) is 0 Å². The van der Waals surface area contributed by atoms with Gasteiger partial charge in [-0.05, 0) is 43.8 Å². The standard InChI is InChI=1S/C26H16B2/c27-19-12-14-22-23(15-19)25(17-7-3-1-4-8-17)21-13-11-20(28)16-24(21)26(22)18-9-5-2-6-10-18/h1-16H. The van der Waals surface area contributed by atoms with E-state index in [0.29, 0.717) is 0 Å². The summed E-state index contributed by atoms with van der Waals surface area (Å²) >= 11 is 0. The predicted octanol–water partition coefficient (Wildman–Crippen LogP) is 4.91. The first kappa shape index (κ1) is 16.9. The Morgan fingerprint density at radius 1 is 0.393 bits per heavy atom. The Balaban J connectivity index is 2.05. The SMILES string of the molecule is [B]c1ccc2c(-c3ccccc3)c3cc([B])ccc3c(-c3ccccc3)c2c1. The number of fused-ring (bicyclic) bond motifs is 2. The number of hydrogen-bond donors (Lipinski definition) is 0. The molecule has 5 rings (SSSR count). The van der Waals surface area contributed by atoms with E-state index in [1.165, 1.54) is 33.0 Å². The summed E-state index contributed by atoms with van der Waals surface area (Å²) in [5.74, 6) is 0. The molecule has 0 atom stereocenters. The van der Waals surface area contributed by atoms with Crippen LogP contribution in [-0.4, -0.2) is 15.7 Å². The van der Waals surface area contributed by atoms with Gasteiger partial charge >= 0.3 is 0 Å².